The minimum atomic E-state index is -1.63. The summed E-state index contributed by atoms with van der Waals surface area (Å²) in [5.41, 5.74) is 0.150. The number of carbonyl (C=O) groups excluding carboxylic acids is 1. The molecule has 4 nitrogen and oxygen atoms in total. The van der Waals surface area contributed by atoms with Crippen LogP contribution in [0.15, 0.2) is 36.4 Å². The van der Waals surface area contributed by atoms with Crippen LogP contribution in [-0.2, 0) is 4.79 Å². The van der Waals surface area contributed by atoms with Gasteiger partial charge in [-0.15, -0.1) is 0 Å². The van der Waals surface area contributed by atoms with E-state index in [9.17, 15) is 18.0 Å². The van der Waals surface area contributed by atoms with E-state index in [-0.39, 0.29) is 6.54 Å². The Balaban J connectivity index is 2.01. The number of rotatable bonds is 5. The molecule has 0 unspecified atom stereocenters. The van der Waals surface area contributed by atoms with E-state index in [2.05, 4.69) is 10.6 Å². The van der Waals surface area contributed by atoms with Crippen molar-refractivity contribution < 1.29 is 22.7 Å². The molecule has 0 bridgehead atoms. The Morgan fingerprint density at radius 2 is 1.77 bits per heavy atom. The van der Waals surface area contributed by atoms with Gasteiger partial charge in [0.25, 0.3) is 0 Å². The average Bonchev–Trinajstić information content (AvgIpc) is 2.53. The molecule has 0 atom stereocenters. The predicted molar refractivity (Wildman–Crippen MR) is 76.4 cm³/mol. The van der Waals surface area contributed by atoms with Crippen molar-refractivity contribution in [2.24, 2.45) is 0 Å². The Kier molecular flexibility index (Phi) is 4.88. The van der Waals surface area contributed by atoms with Gasteiger partial charge in [-0.2, -0.15) is 0 Å². The Bertz CT molecular complexity index is 692. The summed E-state index contributed by atoms with van der Waals surface area (Å²) in [6.45, 7) is -0.196. The summed E-state index contributed by atoms with van der Waals surface area (Å²) in [6.07, 6.45) is 0. The predicted octanol–water partition coefficient (Wildman–Crippen LogP) is 3.16. The first kappa shape index (κ1) is 15.7. The standard InChI is InChI=1S/C15H13F3N2O2/c1-22-12-5-3-2-4-10(12)19-8-13(21)20-11-7-6-9(16)14(17)15(11)18/h2-7,19H,8H2,1H3,(H,20,21). The molecule has 0 saturated heterocycles. The van der Waals surface area contributed by atoms with Crippen molar-refractivity contribution in [3.63, 3.8) is 0 Å². The number of carbonyl (C=O) groups is 1. The summed E-state index contributed by atoms with van der Waals surface area (Å²) in [6, 6.07) is 8.61. The van der Waals surface area contributed by atoms with Gasteiger partial charge in [-0.05, 0) is 24.3 Å². The van der Waals surface area contributed by atoms with Gasteiger partial charge < -0.3 is 15.4 Å². The second-order valence-corrected chi connectivity index (χ2v) is 4.32. The monoisotopic (exact) mass is 310 g/mol. The molecule has 2 aromatic carbocycles. The van der Waals surface area contributed by atoms with Gasteiger partial charge in [-0.3, -0.25) is 4.79 Å². The summed E-state index contributed by atoms with van der Waals surface area (Å²) in [7, 11) is 1.48. The lowest BCUT2D eigenvalue weighted by atomic mass is 10.2. The van der Waals surface area contributed by atoms with Gasteiger partial charge in [0.2, 0.25) is 5.91 Å². The van der Waals surface area contributed by atoms with Crippen LogP contribution >= 0.6 is 0 Å². The first-order valence-electron chi connectivity index (χ1n) is 6.33. The zero-order chi connectivity index (χ0) is 16.1. The molecular weight excluding hydrogens is 297 g/mol. The molecule has 2 aromatic rings. The van der Waals surface area contributed by atoms with Crippen LogP contribution in [0.3, 0.4) is 0 Å². The minimum Gasteiger partial charge on any atom is -0.495 e. The highest BCUT2D eigenvalue weighted by atomic mass is 19.2. The summed E-state index contributed by atoms with van der Waals surface area (Å²) in [5, 5.41) is 4.96. The van der Waals surface area contributed by atoms with Crippen molar-refractivity contribution in [3.05, 3.63) is 53.8 Å². The van der Waals surface area contributed by atoms with Crippen molar-refractivity contribution in [2.75, 3.05) is 24.3 Å². The molecule has 0 fully saturated rings. The summed E-state index contributed by atoms with van der Waals surface area (Å²) in [5.74, 6) is -4.46. The number of benzene rings is 2. The highest BCUT2D eigenvalue weighted by Crippen LogP contribution is 2.23. The molecule has 0 heterocycles. The first-order valence-corrected chi connectivity index (χ1v) is 6.33. The molecule has 0 spiro atoms. The third kappa shape index (κ3) is 3.49. The molecular formula is C15H13F3N2O2. The fourth-order valence-electron chi connectivity index (χ4n) is 1.78. The highest BCUT2D eigenvalue weighted by Gasteiger charge is 2.15. The quantitative estimate of drug-likeness (QED) is 0.834. The van der Waals surface area contributed by atoms with Crippen molar-refractivity contribution in [3.8, 4) is 5.75 Å². The fraction of sp³-hybridized carbons (Fsp3) is 0.133. The molecule has 22 heavy (non-hydrogen) atoms. The number of anilines is 2. The molecule has 7 heteroatoms. The molecule has 2 rings (SSSR count). The van der Waals surface area contributed by atoms with Gasteiger partial charge in [0.15, 0.2) is 17.5 Å². The molecule has 0 saturated carbocycles. The Morgan fingerprint density at radius 3 is 2.50 bits per heavy atom. The lowest BCUT2D eigenvalue weighted by molar-refractivity contribution is -0.114. The fourth-order valence-corrected chi connectivity index (χ4v) is 1.78. The van der Waals surface area contributed by atoms with Crippen molar-refractivity contribution >= 4 is 17.3 Å². The maximum atomic E-state index is 13.4. The van der Waals surface area contributed by atoms with E-state index in [1.165, 1.54) is 7.11 Å². The summed E-state index contributed by atoms with van der Waals surface area (Å²) < 4.78 is 44.4. The number of halogens is 3. The van der Waals surface area contributed by atoms with E-state index in [1.807, 2.05) is 0 Å². The molecule has 1 amide bonds. The van der Waals surface area contributed by atoms with Crippen LogP contribution in [-0.4, -0.2) is 19.6 Å². The molecule has 2 N–H and O–H groups in total. The van der Waals surface area contributed by atoms with Crippen LogP contribution in [0.4, 0.5) is 24.5 Å². The van der Waals surface area contributed by atoms with E-state index in [1.54, 1.807) is 24.3 Å². The van der Waals surface area contributed by atoms with E-state index in [4.69, 9.17) is 4.74 Å². The molecule has 0 aliphatic rings. The third-order valence-corrected chi connectivity index (χ3v) is 2.86. The first-order chi connectivity index (χ1) is 10.5. The van der Waals surface area contributed by atoms with E-state index in [0.717, 1.165) is 12.1 Å². The number of para-hydroxylation sites is 2. The van der Waals surface area contributed by atoms with E-state index >= 15 is 0 Å². The van der Waals surface area contributed by atoms with Crippen molar-refractivity contribution in [1.82, 2.24) is 0 Å². The number of hydrogen-bond acceptors (Lipinski definition) is 3. The van der Waals surface area contributed by atoms with Crippen LogP contribution in [0.1, 0.15) is 0 Å². The van der Waals surface area contributed by atoms with Gasteiger partial charge in [0, 0.05) is 0 Å². The number of hydrogen-bond donors (Lipinski definition) is 2. The van der Waals surface area contributed by atoms with Crippen molar-refractivity contribution in [1.29, 1.82) is 0 Å². The van der Waals surface area contributed by atoms with Gasteiger partial charge in [-0.25, -0.2) is 13.2 Å². The topological polar surface area (TPSA) is 50.4 Å². The molecule has 0 aliphatic carbocycles. The van der Waals surface area contributed by atoms with Gasteiger partial charge in [0.1, 0.15) is 5.75 Å². The zero-order valence-electron chi connectivity index (χ0n) is 11.6. The molecule has 0 aliphatic heterocycles. The number of ether oxygens (including phenoxy) is 1. The number of methoxy groups -OCH3 is 1. The Hall–Kier alpha value is -2.70. The maximum Gasteiger partial charge on any atom is 0.243 e. The van der Waals surface area contributed by atoms with Gasteiger partial charge >= 0.3 is 0 Å². The zero-order valence-corrected chi connectivity index (χ0v) is 11.6. The maximum absolute atomic E-state index is 13.4. The third-order valence-electron chi connectivity index (χ3n) is 2.86. The van der Waals surface area contributed by atoms with Crippen molar-refractivity contribution in [2.45, 2.75) is 0 Å². The van der Waals surface area contributed by atoms with Crippen LogP contribution in [0.5, 0.6) is 5.75 Å². The Morgan fingerprint density at radius 1 is 1.05 bits per heavy atom. The van der Waals surface area contributed by atoms with Gasteiger partial charge in [-0.1, -0.05) is 12.1 Å². The van der Waals surface area contributed by atoms with E-state index < -0.39 is 29.0 Å². The van der Waals surface area contributed by atoms with E-state index in [0.29, 0.717) is 11.4 Å². The average molecular weight is 310 g/mol. The normalized spacial score (nSPS) is 10.2. The number of nitrogens with one attached hydrogen (secondary N) is 2. The minimum absolute atomic E-state index is 0.196. The smallest absolute Gasteiger partial charge is 0.243 e. The van der Waals surface area contributed by atoms with Crippen LogP contribution in [0, 0.1) is 17.5 Å². The van der Waals surface area contributed by atoms with Crippen LogP contribution < -0.4 is 15.4 Å². The molecule has 116 valence electrons. The molecule has 0 aromatic heterocycles. The highest BCUT2D eigenvalue weighted by molar-refractivity contribution is 5.94. The second-order valence-electron chi connectivity index (χ2n) is 4.32. The lowest BCUT2D eigenvalue weighted by Gasteiger charge is -2.11. The molecule has 0 radical (unpaired) electrons. The lowest BCUT2D eigenvalue weighted by Crippen LogP contribution is -2.22. The van der Waals surface area contributed by atoms with Crippen LogP contribution in [0.2, 0.25) is 0 Å². The largest absolute Gasteiger partial charge is 0.495 e. The summed E-state index contributed by atoms with van der Waals surface area (Å²) >= 11 is 0. The Labute approximate surface area is 124 Å². The summed E-state index contributed by atoms with van der Waals surface area (Å²) in [4.78, 5) is 11.7. The van der Waals surface area contributed by atoms with Gasteiger partial charge in [0.05, 0.1) is 25.0 Å². The second kappa shape index (κ2) is 6.84. The SMILES string of the molecule is COc1ccccc1NCC(=O)Nc1ccc(F)c(F)c1F. The number of amides is 1. The van der Waals surface area contributed by atoms with Crippen LogP contribution in [0.25, 0.3) is 0 Å².